The van der Waals surface area contributed by atoms with E-state index in [1.807, 2.05) is 0 Å². The van der Waals surface area contributed by atoms with Crippen LogP contribution in [0.25, 0.3) is 5.57 Å². The zero-order chi connectivity index (χ0) is 8.39. The van der Waals surface area contributed by atoms with E-state index in [0.29, 0.717) is 0 Å². The zero-order valence-electron chi connectivity index (χ0n) is 7.00. The number of rotatable bonds is 1. The first-order valence-corrected chi connectivity index (χ1v) is 4.84. The third-order valence-electron chi connectivity index (χ3n) is 2.02. The van der Waals surface area contributed by atoms with Gasteiger partial charge in [-0.05, 0) is 30.0 Å². The number of hydrogen-bond acceptors (Lipinski definition) is 2. The van der Waals surface area contributed by atoms with E-state index in [1.165, 1.54) is 16.0 Å². The highest BCUT2D eigenvalue weighted by Crippen LogP contribution is 2.29. The van der Waals surface area contributed by atoms with E-state index in [0.717, 1.165) is 6.54 Å². The summed E-state index contributed by atoms with van der Waals surface area (Å²) in [6.45, 7) is 3.15. The third kappa shape index (κ3) is 1.40. The summed E-state index contributed by atoms with van der Waals surface area (Å²) >= 11 is 1.73. The van der Waals surface area contributed by atoms with E-state index >= 15 is 0 Å². The van der Waals surface area contributed by atoms with Crippen molar-refractivity contribution in [2.45, 2.75) is 6.92 Å². The second kappa shape index (κ2) is 3.33. The van der Waals surface area contributed by atoms with Crippen molar-refractivity contribution in [1.82, 2.24) is 4.72 Å². The van der Waals surface area contributed by atoms with E-state index in [9.17, 15) is 0 Å². The third-order valence-corrected chi connectivity index (χ3v) is 2.86. The van der Waals surface area contributed by atoms with Crippen molar-refractivity contribution >= 4 is 17.5 Å². The molecular weight excluding hydrogens is 166 g/mol. The van der Waals surface area contributed by atoms with Crippen molar-refractivity contribution in [3.8, 4) is 0 Å². The van der Waals surface area contributed by atoms with Crippen LogP contribution in [-0.2, 0) is 0 Å². The fourth-order valence-corrected chi connectivity index (χ4v) is 2.09. The van der Waals surface area contributed by atoms with Gasteiger partial charge >= 0.3 is 0 Å². The van der Waals surface area contributed by atoms with Gasteiger partial charge in [0.25, 0.3) is 0 Å². The van der Waals surface area contributed by atoms with Crippen LogP contribution in [0, 0.1) is 0 Å². The molecule has 2 heteroatoms. The predicted molar refractivity (Wildman–Crippen MR) is 54.6 cm³/mol. The van der Waals surface area contributed by atoms with Crippen LogP contribution in [0.2, 0.25) is 0 Å². The summed E-state index contributed by atoms with van der Waals surface area (Å²) in [5, 5.41) is 0. The van der Waals surface area contributed by atoms with Crippen molar-refractivity contribution in [3.05, 3.63) is 40.8 Å². The Kier molecular flexibility index (Phi) is 2.19. The summed E-state index contributed by atoms with van der Waals surface area (Å²) in [6.07, 6.45) is 0. The largest absolute Gasteiger partial charge is 0.256 e. The number of benzene rings is 1. The molecule has 0 spiro atoms. The highest BCUT2D eigenvalue weighted by Gasteiger charge is 2.11. The maximum Gasteiger partial charge on any atom is 0.0327 e. The van der Waals surface area contributed by atoms with E-state index in [2.05, 4.69) is 42.0 Å². The van der Waals surface area contributed by atoms with Crippen molar-refractivity contribution in [1.29, 1.82) is 0 Å². The van der Waals surface area contributed by atoms with E-state index in [-0.39, 0.29) is 0 Å². The first-order valence-electron chi connectivity index (χ1n) is 4.03. The van der Waals surface area contributed by atoms with Crippen LogP contribution in [0.1, 0.15) is 12.5 Å². The Hall–Kier alpha value is -0.730. The van der Waals surface area contributed by atoms with Crippen LogP contribution in [0.5, 0.6) is 0 Å². The van der Waals surface area contributed by atoms with Gasteiger partial charge in [-0.15, -0.1) is 0 Å². The average molecular weight is 177 g/mol. The van der Waals surface area contributed by atoms with Gasteiger partial charge < -0.3 is 0 Å². The smallest absolute Gasteiger partial charge is 0.0327 e. The molecule has 1 aliphatic rings. The van der Waals surface area contributed by atoms with E-state index < -0.39 is 0 Å². The Morgan fingerprint density at radius 3 is 2.58 bits per heavy atom. The molecule has 0 bridgehead atoms. The summed E-state index contributed by atoms with van der Waals surface area (Å²) < 4.78 is 3.26. The molecule has 1 aliphatic heterocycles. The summed E-state index contributed by atoms with van der Waals surface area (Å²) in [6, 6.07) is 10.5. The monoisotopic (exact) mass is 177 g/mol. The van der Waals surface area contributed by atoms with E-state index in [1.54, 1.807) is 11.9 Å². The predicted octanol–water partition coefficient (Wildman–Crippen LogP) is 2.67. The molecule has 0 radical (unpaired) electrons. The second-order valence-corrected chi connectivity index (χ2v) is 3.93. The Labute approximate surface area is 77.0 Å². The molecule has 12 heavy (non-hydrogen) atoms. The second-order valence-electron chi connectivity index (χ2n) is 2.82. The van der Waals surface area contributed by atoms with Gasteiger partial charge in [0.05, 0.1) is 0 Å². The fraction of sp³-hybridized carbons (Fsp3) is 0.200. The van der Waals surface area contributed by atoms with Crippen LogP contribution in [0.15, 0.2) is 35.2 Å². The lowest BCUT2D eigenvalue weighted by atomic mass is 10.1. The summed E-state index contributed by atoms with van der Waals surface area (Å²) in [7, 11) is 0. The average Bonchev–Trinajstić information content (AvgIpc) is 2.53. The van der Waals surface area contributed by atoms with Crippen molar-refractivity contribution in [2.75, 3.05) is 6.54 Å². The lowest BCUT2D eigenvalue weighted by molar-refractivity contribution is 1.17. The quantitative estimate of drug-likeness (QED) is 0.662. The first kappa shape index (κ1) is 7.90. The van der Waals surface area contributed by atoms with Gasteiger partial charge in [0.15, 0.2) is 0 Å². The van der Waals surface area contributed by atoms with Crippen LogP contribution in [0.4, 0.5) is 0 Å². The van der Waals surface area contributed by atoms with Crippen LogP contribution < -0.4 is 4.72 Å². The van der Waals surface area contributed by atoms with Gasteiger partial charge in [-0.3, -0.25) is 4.72 Å². The van der Waals surface area contributed by atoms with E-state index in [4.69, 9.17) is 0 Å². The van der Waals surface area contributed by atoms with Gasteiger partial charge in [0.2, 0.25) is 0 Å². The van der Waals surface area contributed by atoms with Crippen molar-refractivity contribution < 1.29 is 0 Å². The number of nitrogens with one attached hydrogen (secondary N) is 1. The molecule has 0 aromatic heterocycles. The Morgan fingerprint density at radius 2 is 2.00 bits per heavy atom. The summed E-state index contributed by atoms with van der Waals surface area (Å²) in [5.74, 6) is 0. The maximum absolute atomic E-state index is 3.26. The molecule has 62 valence electrons. The topological polar surface area (TPSA) is 12.0 Å². The van der Waals surface area contributed by atoms with Gasteiger partial charge in [0.1, 0.15) is 0 Å². The van der Waals surface area contributed by atoms with Crippen LogP contribution in [-0.4, -0.2) is 6.54 Å². The molecule has 0 unspecified atom stereocenters. The maximum atomic E-state index is 3.26. The minimum Gasteiger partial charge on any atom is -0.256 e. The first-order chi connectivity index (χ1) is 5.88. The highest BCUT2D eigenvalue weighted by atomic mass is 32.2. The van der Waals surface area contributed by atoms with Crippen LogP contribution in [0.3, 0.4) is 0 Å². The SMILES string of the molecule is CC1=C(c2ccccc2)CNS1. The van der Waals surface area contributed by atoms with Gasteiger partial charge in [-0.2, -0.15) is 0 Å². The normalized spacial score (nSPS) is 17.1. The molecule has 1 aromatic carbocycles. The molecule has 0 saturated heterocycles. The minimum atomic E-state index is 0.987. The summed E-state index contributed by atoms with van der Waals surface area (Å²) in [5.41, 5.74) is 2.77. The van der Waals surface area contributed by atoms with Crippen molar-refractivity contribution in [3.63, 3.8) is 0 Å². The lowest BCUT2D eigenvalue weighted by Crippen LogP contribution is -1.99. The molecule has 1 nitrogen and oxygen atoms in total. The molecule has 0 aliphatic carbocycles. The van der Waals surface area contributed by atoms with Crippen LogP contribution >= 0.6 is 11.9 Å². The Morgan fingerprint density at radius 1 is 1.25 bits per heavy atom. The van der Waals surface area contributed by atoms with Crippen molar-refractivity contribution in [2.24, 2.45) is 0 Å². The van der Waals surface area contributed by atoms with Gasteiger partial charge in [0, 0.05) is 11.4 Å². The molecule has 1 aromatic rings. The fourth-order valence-electron chi connectivity index (χ4n) is 1.35. The minimum absolute atomic E-state index is 0.987. The Balaban J connectivity index is 2.37. The van der Waals surface area contributed by atoms with Gasteiger partial charge in [-0.25, -0.2) is 0 Å². The highest BCUT2D eigenvalue weighted by molar-refractivity contribution is 8.01. The summed E-state index contributed by atoms with van der Waals surface area (Å²) in [4.78, 5) is 1.39. The Bertz CT molecular complexity index is 303. The molecule has 0 amide bonds. The lowest BCUT2D eigenvalue weighted by Gasteiger charge is -2.00. The van der Waals surface area contributed by atoms with Gasteiger partial charge in [-0.1, -0.05) is 30.3 Å². The number of hydrogen-bond donors (Lipinski definition) is 1. The molecule has 0 atom stereocenters. The molecular formula is C10H11NS. The standard InChI is InChI=1S/C10H11NS/c1-8-10(7-11-12-8)9-5-3-2-4-6-9/h2-6,11H,7H2,1H3. The molecule has 0 fully saturated rings. The molecule has 0 saturated carbocycles. The molecule has 1 heterocycles. The molecule has 2 rings (SSSR count). The molecule has 1 N–H and O–H groups in total. The number of allylic oxidation sites excluding steroid dienone is 1. The zero-order valence-corrected chi connectivity index (χ0v) is 7.82.